The number of halogens is 2. The molecule has 6 rings (SSSR count). The largest absolute Gasteiger partial charge is 0.650 e. The average Bonchev–Trinajstić information content (AvgIpc) is 3.37. The van der Waals surface area contributed by atoms with E-state index in [0.717, 1.165) is 42.3 Å². The molecule has 1 saturated heterocycles. The number of nitrogens with zero attached hydrogens (tertiary/aromatic N) is 2. The van der Waals surface area contributed by atoms with Crippen molar-refractivity contribution in [3.8, 4) is 11.5 Å². The van der Waals surface area contributed by atoms with E-state index >= 15 is 0 Å². The monoisotopic (exact) mass is 669 g/mol. The van der Waals surface area contributed by atoms with Gasteiger partial charge in [-0.05, 0) is 112 Å². The molecule has 2 N–H and O–H groups in total. The van der Waals surface area contributed by atoms with E-state index in [1.807, 2.05) is 6.07 Å². The van der Waals surface area contributed by atoms with Crippen LogP contribution >= 0.6 is 23.2 Å². The number of nitrogens with one attached hydrogen (secondary N) is 1. The third kappa shape index (κ3) is 8.93. The minimum atomic E-state index is 0. The fourth-order valence-corrected chi connectivity index (χ4v) is 5.76. The topological polar surface area (TPSA) is 71.8 Å². The fraction of sp³-hybridized carbons (Fsp3) is 0.375. The van der Waals surface area contributed by atoms with Crippen molar-refractivity contribution in [1.82, 2.24) is 9.88 Å². The average molecular weight is 670 g/mol. The summed E-state index contributed by atoms with van der Waals surface area (Å²) in [7, 11) is 0. The molecule has 4 aromatic rings. The Morgan fingerprint density at radius 1 is 0.878 bits per heavy atom. The predicted molar refractivity (Wildman–Crippen MR) is 163 cm³/mol. The van der Waals surface area contributed by atoms with Crippen molar-refractivity contribution >= 4 is 34.1 Å². The van der Waals surface area contributed by atoms with Gasteiger partial charge in [0, 0.05) is 59.4 Å². The van der Waals surface area contributed by atoms with Gasteiger partial charge in [-0.25, -0.2) is 5.26 Å². The maximum Gasteiger partial charge on any atom is 0.165 e. The van der Waals surface area contributed by atoms with Crippen LogP contribution in [0.1, 0.15) is 55.0 Å². The maximum atomic E-state index is 8.09. The summed E-state index contributed by atoms with van der Waals surface area (Å²) in [5, 5.41) is 15.6. The molecule has 6 nitrogen and oxygen atoms in total. The summed E-state index contributed by atoms with van der Waals surface area (Å²) in [5.74, 6) is 1.33. The molecule has 1 radical (unpaired) electrons. The van der Waals surface area contributed by atoms with Gasteiger partial charge in [-0.3, -0.25) is 0 Å². The van der Waals surface area contributed by atoms with Crippen LogP contribution in [-0.4, -0.2) is 47.9 Å². The molecule has 3 heterocycles. The van der Waals surface area contributed by atoms with Crippen LogP contribution in [0.2, 0.25) is 10.0 Å². The van der Waals surface area contributed by atoms with Gasteiger partial charge in [-0.2, -0.15) is 0 Å². The molecule has 0 saturated carbocycles. The van der Waals surface area contributed by atoms with E-state index in [2.05, 4.69) is 51.2 Å². The Bertz CT molecular complexity index is 1360. The van der Waals surface area contributed by atoms with Gasteiger partial charge < -0.3 is 24.8 Å². The van der Waals surface area contributed by atoms with Crippen molar-refractivity contribution in [3.63, 3.8) is 0 Å². The minimum absolute atomic E-state index is 0. The first-order valence-corrected chi connectivity index (χ1v) is 14.8. The molecule has 0 bridgehead atoms. The number of aromatic nitrogens is 1. The van der Waals surface area contributed by atoms with Gasteiger partial charge in [-0.1, -0.05) is 53.4 Å². The minimum Gasteiger partial charge on any atom is -0.650 e. The molecule has 0 spiro atoms. The predicted octanol–water partition coefficient (Wildman–Crippen LogP) is 8.67. The van der Waals surface area contributed by atoms with Crippen LogP contribution in [0.15, 0.2) is 66.7 Å². The Labute approximate surface area is 277 Å². The zero-order chi connectivity index (χ0) is 27.7. The zero-order valence-electron chi connectivity index (χ0n) is 23.2. The number of H-pyrrole nitrogens is 1. The van der Waals surface area contributed by atoms with Crippen molar-refractivity contribution in [2.24, 2.45) is 0 Å². The Morgan fingerprint density at radius 3 is 2.32 bits per heavy atom. The number of hydrogen-bond acceptors (Lipinski definition) is 4. The summed E-state index contributed by atoms with van der Waals surface area (Å²) in [5.41, 5.74) is 4.90. The Morgan fingerprint density at radius 2 is 1.59 bits per heavy atom. The summed E-state index contributed by atoms with van der Waals surface area (Å²) in [6.45, 7) is 5.39. The van der Waals surface area contributed by atoms with Gasteiger partial charge in [0.15, 0.2) is 5.75 Å². The molecule has 1 unspecified atom stereocenters. The molecule has 0 aliphatic carbocycles. The molecule has 41 heavy (non-hydrogen) atoms. The number of rotatable bonds is 8. The molecule has 9 heteroatoms. The Hall–Kier alpha value is -1.64. The van der Waals surface area contributed by atoms with E-state index in [4.69, 9.17) is 38.5 Å². The van der Waals surface area contributed by atoms with Gasteiger partial charge >= 0.3 is 0 Å². The molecule has 2 aliphatic heterocycles. The number of unbranched alkanes of at least 4 members (excludes halogenated alkanes) is 1. The molecule has 2 aliphatic rings. The van der Waals surface area contributed by atoms with Crippen LogP contribution in [0.4, 0.5) is 0 Å². The van der Waals surface area contributed by atoms with Crippen LogP contribution in [0.3, 0.4) is 0 Å². The van der Waals surface area contributed by atoms with Crippen LogP contribution in [0.25, 0.3) is 16.2 Å². The maximum absolute atomic E-state index is 8.09. The molecule has 1 atom stereocenters. The van der Waals surface area contributed by atoms with E-state index in [1.54, 1.807) is 24.3 Å². The van der Waals surface area contributed by atoms with Crippen LogP contribution < -0.4 is 9.62 Å². The van der Waals surface area contributed by atoms with Crippen LogP contribution in [-0.2, 0) is 39.1 Å². The quantitative estimate of drug-likeness (QED) is 0.112. The number of fused-ring (bicyclic) bond motifs is 3. The van der Waals surface area contributed by atoms with Gasteiger partial charge in [0.2, 0.25) is 0 Å². The normalized spacial score (nSPS) is 16.7. The van der Waals surface area contributed by atoms with Crippen molar-refractivity contribution in [1.29, 1.82) is 0 Å². The smallest absolute Gasteiger partial charge is 0.165 e. The Balaban J connectivity index is 0.000000333. The first kappa shape index (κ1) is 32.3. The molecule has 1 fully saturated rings. The summed E-state index contributed by atoms with van der Waals surface area (Å²) in [6.07, 6.45) is 7.42. The molecule has 3 aromatic carbocycles. The third-order valence-corrected chi connectivity index (χ3v) is 8.04. The number of ether oxygens (including phenoxy) is 1. The summed E-state index contributed by atoms with van der Waals surface area (Å²) in [6, 6.07) is 21.0. The number of likely N-dealkylation sites (tertiary alicyclic amines) is 1. The third-order valence-electron chi connectivity index (χ3n) is 7.55. The summed E-state index contributed by atoms with van der Waals surface area (Å²) in [4.78, 5) is 10.1. The van der Waals surface area contributed by atoms with E-state index in [9.17, 15) is 0 Å². The van der Waals surface area contributed by atoms with Crippen molar-refractivity contribution in [2.45, 2.75) is 44.6 Å². The molecule has 1 aromatic heterocycles. The summed E-state index contributed by atoms with van der Waals surface area (Å²) < 4.78 is 6.00. The fourth-order valence-electron chi connectivity index (χ4n) is 5.46. The van der Waals surface area contributed by atoms with Gasteiger partial charge in [0.25, 0.3) is 0 Å². The standard InChI is InChI=1S/C26H31ClN3O.C6H5ClO2.Y/c27-20-8-11-24-23(18-20)22-12-13-28-25(26(22)29-24)19-6-9-21(10-7-19)31-17-5-4-16-30-14-2-1-3-15-30;7-5-1-3-6(9-8)4-2-5;/h6-11,18,25,29H,1-5,12-17H2;1-4,8H;/q-1;;. The first-order valence-electron chi connectivity index (χ1n) is 14.1. The number of piperidine rings is 1. The van der Waals surface area contributed by atoms with Gasteiger partial charge in [0.1, 0.15) is 5.75 Å². The van der Waals surface area contributed by atoms with E-state index in [-0.39, 0.29) is 38.8 Å². The molecule has 0 amide bonds. The first-order chi connectivity index (χ1) is 19.6. The second kappa shape index (κ2) is 16.3. The molecule has 215 valence electrons. The Kier molecular flexibility index (Phi) is 12.8. The molecular formula is C32H36Cl2N3O3Y-. The second-order valence-corrected chi connectivity index (χ2v) is 11.2. The van der Waals surface area contributed by atoms with Gasteiger partial charge in [-0.15, -0.1) is 6.54 Å². The van der Waals surface area contributed by atoms with Gasteiger partial charge in [0.05, 0.1) is 6.61 Å². The van der Waals surface area contributed by atoms with Crippen LogP contribution in [0, 0.1) is 0 Å². The number of benzene rings is 3. The number of hydrogen-bond donors (Lipinski definition) is 2. The van der Waals surface area contributed by atoms with Crippen LogP contribution in [0.5, 0.6) is 11.5 Å². The zero-order valence-corrected chi connectivity index (χ0v) is 27.5. The van der Waals surface area contributed by atoms with Crippen molar-refractivity contribution in [2.75, 3.05) is 32.8 Å². The SMILES string of the molecule is Clc1ccc2[nH]c3c(c2c1)CC[N-]C3c1ccc(OCCCCN2CCCCC2)cc1.OOc1ccc(Cl)cc1.[Y]. The van der Waals surface area contributed by atoms with E-state index < -0.39 is 0 Å². The molecular weight excluding hydrogens is 634 g/mol. The van der Waals surface area contributed by atoms with Crippen molar-refractivity contribution < 1.29 is 47.6 Å². The van der Waals surface area contributed by atoms with E-state index in [1.165, 1.54) is 67.5 Å². The van der Waals surface area contributed by atoms with Crippen molar-refractivity contribution in [3.05, 3.63) is 98.9 Å². The number of aromatic amines is 1. The summed E-state index contributed by atoms with van der Waals surface area (Å²) >= 11 is 11.8. The van der Waals surface area contributed by atoms with E-state index in [0.29, 0.717) is 10.8 Å². The second-order valence-electron chi connectivity index (χ2n) is 10.3.